The monoisotopic (exact) mass is 600 g/mol. The number of carboxylic acid groups (broad SMARTS) is 1. The molecule has 0 aliphatic rings. The number of hydrogen-bond donors (Lipinski definition) is 4. The van der Waals surface area contributed by atoms with E-state index in [1.807, 2.05) is 0 Å². The number of alkyl halides is 6. The van der Waals surface area contributed by atoms with Crippen molar-refractivity contribution in [2.75, 3.05) is 11.9 Å². The number of ether oxygens (including phenoxy) is 2. The van der Waals surface area contributed by atoms with Crippen LogP contribution in [0.1, 0.15) is 27.4 Å². The Hall–Kier alpha value is -4.79. The van der Waals surface area contributed by atoms with Crippen molar-refractivity contribution >= 4 is 23.5 Å². The summed E-state index contributed by atoms with van der Waals surface area (Å²) in [6.07, 6.45) is -11.7. The summed E-state index contributed by atoms with van der Waals surface area (Å²) in [6, 6.07) is 14.6. The van der Waals surface area contributed by atoms with Crippen LogP contribution >= 0.6 is 0 Å². The third kappa shape index (κ3) is 9.99. The quantitative estimate of drug-likeness (QED) is 0.236. The van der Waals surface area contributed by atoms with E-state index in [2.05, 4.69) is 20.1 Å². The smallest absolute Gasteiger partial charge is 0.479 e. The van der Waals surface area contributed by atoms with Gasteiger partial charge >= 0.3 is 18.7 Å². The predicted molar refractivity (Wildman–Crippen MR) is 134 cm³/mol. The molecule has 3 aromatic rings. The van der Waals surface area contributed by atoms with Crippen molar-refractivity contribution in [2.24, 2.45) is 0 Å². The first kappa shape index (κ1) is 31.7. The summed E-state index contributed by atoms with van der Waals surface area (Å²) < 4.78 is 82.6. The van der Waals surface area contributed by atoms with Crippen LogP contribution in [0.15, 0.2) is 72.8 Å². The van der Waals surface area contributed by atoms with Crippen molar-refractivity contribution in [1.82, 2.24) is 5.32 Å². The molecule has 9 nitrogen and oxygen atoms in total. The molecule has 3 rings (SSSR count). The molecule has 4 N–H and O–H groups in total. The summed E-state index contributed by atoms with van der Waals surface area (Å²) >= 11 is 0. The van der Waals surface area contributed by atoms with Gasteiger partial charge < -0.3 is 30.3 Å². The van der Waals surface area contributed by atoms with E-state index in [0.717, 1.165) is 24.3 Å². The molecule has 0 fully saturated rings. The first-order chi connectivity index (χ1) is 19.6. The van der Waals surface area contributed by atoms with Gasteiger partial charge in [0.15, 0.2) is 6.10 Å². The van der Waals surface area contributed by atoms with Gasteiger partial charge in [-0.05, 0) is 66.1 Å². The van der Waals surface area contributed by atoms with Gasteiger partial charge in [0.25, 0.3) is 5.91 Å². The summed E-state index contributed by atoms with van der Waals surface area (Å²) in [5, 5.41) is 22.8. The van der Waals surface area contributed by atoms with Gasteiger partial charge in [0.1, 0.15) is 11.5 Å². The topological polar surface area (TPSA) is 134 Å². The molecule has 0 spiro atoms. The highest BCUT2D eigenvalue weighted by atomic mass is 19.4. The molecule has 0 saturated heterocycles. The number of benzene rings is 3. The third-order valence-corrected chi connectivity index (χ3v) is 5.58. The van der Waals surface area contributed by atoms with Crippen molar-refractivity contribution in [1.29, 1.82) is 0 Å². The molecular formula is C27H22F6N2O7. The minimum atomic E-state index is -4.93. The molecule has 2 atom stereocenters. The van der Waals surface area contributed by atoms with Crippen LogP contribution in [-0.2, 0) is 16.0 Å². The van der Waals surface area contributed by atoms with Crippen molar-refractivity contribution in [2.45, 2.75) is 31.2 Å². The lowest BCUT2D eigenvalue weighted by Gasteiger charge is -2.19. The van der Waals surface area contributed by atoms with Crippen LogP contribution in [0.5, 0.6) is 11.5 Å². The van der Waals surface area contributed by atoms with Crippen molar-refractivity contribution < 1.29 is 60.4 Å². The van der Waals surface area contributed by atoms with Gasteiger partial charge in [0, 0.05) is 11.3 Å². The summed E-state index contributed by atoms with van der Waals surface area (Å²) in [5.41, 5.74) is 1.03. The number of anilines is 1. The van der Waals surface area contributed by atoms with Crippen molar-refractivity contribution in [3.63, 3.8) is 0 Å². The Morgan fingerprint density at radius 1 is 0.762 bits per heavy atom. The molecule has 0 aliphatic carbocycles. The normalized spacial score (nSPS) is 13.0. The lowest BCUT2D eigenvalue weighted by Crippen LogP contribution is -2.36. The largest absolute Gasteiger partial charge is 0.573 e. The van der Waals surface area contributed by atoms with E-state index in [9.17, 15) is 45.8 Å². The molecular weight excluding hydrogens is 578 g/mol. The molecule has 0 bridgehead atoms. The van der Waals surface area contributed by atoms with Crippen LogP contribution in [0.25, 0.3) is 0 Å². The lowest BCUT2D eigenvalue weighted by atomic mass is 9.90. The first-order valence-corrected chi connectivity index (χ1v) is 11.9. The molecule has 0 heterocycles. The summed E-state index contributed by atoms with van der Waals surface area (Å²) in [7, 11) is 0. The number of nitrogens with one attached hydrogen (secondary N) is 2. The molecule has 0 saturated carbocycles. The van der Waals surface area contributed by atoms with Gasteiger partial charge in [-0.3, -0.25) is 9.59 Å². The maximum absolute atomic E-state index is 13.3. The van der Waals surface area contributed by atoms with Crippen LogP contribution in [0.2, 0.25) is 0 Å². The second kappa shape index (κ2) is 13.2. The van der Waals surface area contributed by atoms with Crippen LogP contribution < -0.4 is 20.1 Å². The molecule has 0 aliphatic heterocycles. The van der Waals surface area contributed by atoms with Crippen LogP contribution in [0.4, 0.5) is 32.0 Å². The SMILES string of the molecule is O=C(NC[C@@H](O)C(=O)O)c1ccc(CC(C(=O)Nc2ccc(OC(F)(F)F)cc2)c2ccc(OC(F)(F)F)cc2)cc1. The zero-order chi connectivity index (χ0) is 31.1. The summed E-state index contributed by atoms with van der Waals surface area (Å²) in [6.45, 7) is -0.532. The van der Waals surface area contributed by atoms with Gasteiger partial charge in [-0.15, -0.1) is 26.3 Å². The second-order valence-corrected chi connectivity index (χ2v) is 8.70. The van der Waals surface area contributed by atoms with Gasteiger partial charge in [0.2, 0.25) is 5.91 Å². The van der Waals surface area contributed by atoms with Crippen molar-refractivity contribution in [3.05, 3.63) is 89.5 Å². The number of aliphatic hydroxyl groups is 1. The van der Waals surface area contributed by atoms with E-state index in [1.165, 1.54) is 48.5 Å². The standard InChI is InChI=1S/C27H22F6N2O7/c28-26(29,30)41-19-9-5-16(6-10-19)21(24(38)35-18-7-11-20(12-8-18)42-27(31,32)33)13-15-1-3-17(4-2-15)23(37)34-14-22(36)25(39)40/h1-12,21-22,36H,13-14H2,(H,34,37)(H,35,38)(H,39,40)/t21?,22-/m1/s1. The van der Waals surface area contributed by atoms with E-state index >= 15 is 0 Å². The highest BCUT2D eigenvalue weighted by molar-refractivity contribution is 5.96. The molecule has 2 amide bonds. The fourth-order valence-corrected chi connectivity index (χ4v) is 3.64. The van der Waals surface area contributed by atoms with Crippen molar-refractivity contribution in [3.8, 4) is 11.5 Å². The fourth-order valence-electron chi connectivity index (χ4n) is 3.64. The zero-order valence-electron chi connectivity index (χ0n) is 21.2. The number of carbonyl (C=O) groups excluding carboxylic acids is 2. The van der Waals surface area contributed by atoms with Crippen LogP contribution in [0, 0.1) is 0 Å². The Kier molecular flexibility index (Phi) is 10.0. The Morgan fingerprint density at radius 2 is 1.26 bits per heavy atom. The van der Waals surface area contributed by atoms with E-state index in [-0.39, 0.29) is 23.2 Å². The molecule has 0 radical (unpaired) electrons. The highest BCUT2D eigenvalue weighted by Crippen LogP contribution is 2.29. The van der Waals surface area contributed by atoms with Gasteiger partial charge in [-0.1, -0.05) is 24.3 Å². The minimum absolute atomic E-state index is 0.0137. The number of hydrogen-bond acceptors (Lipinski definition) is 6. The van der Waals surface area contributed by atoms with E-state index < -0.39 is 60.6 Å². The van der Waals surface area contributed by atoms with Crippen LogP contribution in [-0.4, -0.2) is 53.4 Å². The number of aliphatic hydroxyl groups excluding tert-OH is 1. The second-order valence-electron chi connectivity index (χ2n) is 8.70. The van der Waals surface area contributed by atoms with Gasteiger partial charge in [-0.25, -0.2) is 4.79 Å². The predicted octanol–water partition coefficient (Wildman–Crippen LogP) is 4.62. The number of rotatable bonds is 11. The van der Waals surface area contributed by atoms with E-state index in [0.29, 0.717) is 5.56 Å². The lowest BCUT2D eigenvalue weighted by molar-refractivity contribution is -0.275. The third-order valence-electron chi connectivity index (χ3n) is 5.58. The fraction of sp³-hybridized carbons (Fsp3) is 0.222. The summed E-state index contributed by atoms with van der Waals surface area (Å²) in [5.74, 6) is -4.88. The maximum atomic E-state index is 13.3. The average molecular weight is 600 g/mol. The molecule has 15 heteroatoms. The van der Waals surface area contributed by atoms with Crippen LogP contribution in [0.3, 0.4) is 0 Å². The molecule has 42 heavy (non-hydrogen) atoms. The Morgan fingerprint density at radius 3 is 1.74 bits per heavy atom. The van der Waals surface area contributed by atoms with E-state index in [4.69, 9.17) is 5.11 Å². The molecule has 3 aromatic carbocycles. The molecule has 224 valence electrons. The number of halogens is 6. The number of carbonyl (C=O) groups is 3. The highest BCUT2D eigenvalue weighted by Gasteiger charge is 2.32. The number of carboxylic acids is 1. The molecule has 1 unspecified atom stereocenters. The minimum Gasteiger partial charge on any atom is -0.479 e. The summed E-state index contributed by atoms with van der Waals surface area (Å²) in [4.78, 5) is 36.2. The Balaban J connectivity index is 1.79. The Labute approximate surface area is 233 Å². The van der Waals surface area contributed by atoms with Gasteiger partial charge in [-0.2, -0.15) is 0 Å². The number of amides is 2. The molecule has 0 aromatic heterocycles. The van der Waals surface area contributed by atoms with Gasteiger partial charge in [0.05, 0.1) is 12.5 Å². The maximum Gasteiger partial charge on any atom is 0.573 e. The number of aliphatic carboxylic acids is 1. The van der Waals surface area contributed by atoms with E-state index in [1.54, 1.807) is 0 Å². The average Bonchev–Trinajstić information content (AvgIpc) is 2.90. The Bertz CT molecular complexity index is 1380. The first-order valence-electron chi connectivity index (χ1n) is 11.9. The zero-order valence-corrected chi connectivity index (χ0v) is 21.2.